The van der Waals surface area contributed by atoms with Crippen LogP contribution >= 0.6 is 23.2 Å². The molecule has 2 aromatic rings. The van der Waals surface area contributed by atoms with Crippen LogP contribution in [-0.4, -0.2) is 12.5 Å². The van der Waals surface area contributed by atoms with E-state index in [0.717, 1.165) is 5.75 Å². The quantitative estimate of drug-likeness (QED) is 0.889. The highest BCUT2D eigenvalue weighted by atomic mass is 35.5. The van der Waals surface area contributed by atoms with Crippen LogP contribution in [0, 0.1) is 0 Å². The van der Waals surface area contributed by atoms with E-state index >= 15 is 0 Å². The highest BCUT2D eigenvalue weighted by Gasteiger charge is 2.06. The number of benzene rings is 2. The van der Waals surface area contributed by atoms with Gasteiger partial charge < -0.3 is 10.1 Å². The van der Waals surface area contributed by atoms with Gasteiger partial charge >= 0.3 is 0 Å². The largest absolute Gasteiger partial charge is 0.493 e. The number of halogens is 2. The van der Waals surface area contributed by atoms with Crippen molar-refractivity contribution in [3.63, 3.8) is 0 Å². The predicted octanol–water partition coefficient (Wildman–Crippen LogP) is 4.40. The molecule has 3 nitrogen and oxygen atoms in total. The Hall–Kier alpha value is -1.71. The average Bonchev–Trinajstić information content (AvgIpc) is 2.43. The predicted molar refractivity (Wildman–Crippen MR) is 81.6 cm³/mol. The van der Waals surface area contributed by atoms with Gasteiger partial charge in [-0.15, -0.1) is 0 Å². The van der Waals surface area contributed by atoms with E-state index in [1.54, 1.807) is 18.2 Å². The van der Waals surface area contributed by atoms with Crippen LogP contribution in [0.25, 0.3) is 0 Å². The Morgan fingerprint density at radius 1 is 1.10 bits per heavy atom. The Kier molecular flexibility index (Phi) is 5.27. The summed E-state index contributed by atoms with van der Waals surface area (Å²) in [5.74, 6) is 0.579. The van der Waals surface area contributed by atoms with Crippen molar-refractivity contribution in [1.29, 1.82) is 0 Å². The zero-order chi connectivity index (χ0) is 14.4. The number of para-hydroxylation sites is 1. The van der Waals surface area contributed by atoms with Gasteiger partial charge in [-0.1, -0.05) is 41.4 Å². The highest BCUT2D eigenvalue weighted by molar-refractivity contribution is 6.36. The lowest BCUT2D eigenvalue weighted by Gasteiger charge is -2.08. The summed E-state index contributed by atoms with van der Waals surface area (Å²) in [6.07, 6.45) is 0.244. The van der Waals surface area contributed by atoms with Crippen LogP contribution in [0.3, 0.4) is 0 Å². The van der Waals surface area contributed by atoms with Crippen molar-refractivity contribution in [2.45, 2.75) is 6.42 Å². The zero-order valence-corrected chi connectivity index (χ0v) is 12.1. The van der Waals surface area contributed by atoms with E-state index < -0.39 is 0 Å². The van der Waals surface area contributed by atoms with Gasteiger partial charge in [-0.2, -0.15) is 0 Å². The topological polar surface area (TPSA) is 38.3 Å². The third-order valence-corrected chi connectivity index (χ3v) is 3.09. The first-order chi connectivity index (χ1) is 9.65. The molecule has 0 fully saturated rings. The molecule has 0 aromatic heterocycles. The molecule has 0 unspecified atom stereocenters. The van der Waals surface area contributed by atoms with Gasteiger partial charge in [0, 0.05) is 5.02 Å². The lowest BCUT2D eigenvalue weighted by molar-refractivity contribution is -0.116. The van der Waals surface area contributed by atoms with Gasteiger partial charge in [0.15, 0.2) is 0 Å². The standard InChI is InChI=1S/C15H13Cl2NO2/c16-11-6-7-14(13(17)10-11)18-15(19)8-9-20-12-4-2-1-3-5-12/h1-7,10H,8-9H2,(H,18,19). The Labute approximate surface area is 127 Å². The van der Waals surface area contributed by atoms with Gasteiger partial charge in [0.25, 0.3) is 0 Å². The van der Waals surface area contributed by atoms with E-state index in [2.05, 4.69) is 5.32 Å². The second kappa shape index (κ2) is 7.17. The molecule has 1 amide bonds. The lowest BCUT2D eigenvalue weighted by Crippen LogP contribution is -2.15. The summed E-state index contributed by atoms with van der Waals surface area (Å²) in [6.45, 7) is 0.307. The number of rotatable bonds is 5. The van der Waals surface area contributed by atoms with Crippen LogP contribution < -0.4 is 10.1 Å². The maximum absolute atomic E-state index is 11.8. The minimum absolute atomic E-state index is 0.162. The molecule has 0 saturated carbocycles. The zero-order valence-electron chi connectivity index (χ0n) is 10.6. The molecule has 0 atom stereocenters. The van der Waals surface area contributed by atoms with E-state index in [1.807, 2.05) is 30.3 Å². The van der Waals surface area contributed by atoms with Crippen LogP contribution in [0.1, 0.15) is 6.42 Å². The summed E-state index contributed by atoms with van der Waals surface area (Å²) in [7, 11) is 0. The molecule has 0 aliphatic carbocycles. The molecule has 2 aromatic carbocycles. The summed E-state index contributed by atoms with van der Waals surface area (Å²) in [5.41, 5.74) is 0.542. The highest BCUT2D eigenvalue weighted by Crippen LogP contribution is 2.25. The number of hydrogen-bond donors (Lipinski definition) is 1. The van der Waals surface area contributed by atoms with E-state index in [0.29, 0.717) is 22.3 Å². The molecule has 0 heterocycles. The maximum atomic E-state index is 11.8. The number of amides is 1. The smallest absolute Gasteiger partial charge is 0.227 e. The molecule has 0 radical (unpaired) electrons. The summed E-state index contributed by atoms with van der Waals surface area (Å²) < 4.78 is 5.45. The van der Waals surface area contributed by atoms with E-state index in [4.69, 9.17) is 27.9 Å². The first-order valence-corrected chi connectivity index (χ1v) is 6.83. The van der Waals surface area contributed by atoms with Crippen molar-refractivity contribution in [3.05, 3.63) is 58.6 Å². The Morgan fingerprint density at radius 3 is 2.55 bits per heavy atom. The molecule has 20 heavy (non-hydrogen) atoms. The molecule has 104 valence electrons. The Morgan fingerprint density at radius 2 is 1.85 bits per heavy atom. The average molecular weight is 310 g/mol. The van der Waals surface area contributed by atoms with Gasteiger partial charge in [0.2, 0.25) is 5.91 Å². The van der Waals surface area contributed by atoms with Crippen molar-refractivity contribution in [2.75, 3.05) is 11.9 Å². The summed E-state index contributed by atoms with van der Waals surface area (Å²) in [4.78, 5) is 11.8. The van der Waals surface area contributed by atoms with Crippen LogP contribution in [-0.2, 0) is 4.79 Å². The second-order valence-electron chi connectivity index (χ2n) is 4.08. The molecular formula is C15H13Cl2NO2. The molecular weight excluding hydrogens is 297 g/mol. The van der Waals surface area contributed by atoms with Crippen molar-refractivity contribution in [3.8, 4) is 5.75 Å². The molecule has 0 spiro atoms. The SMILES string of the molecule is O=C(CCOc1ccccc1)Nc1ccc(Cl)cc1Cl. The number of nitrogens with one attached hydrogen (secondary N) is 1. The molecule has 0 saturated heterocycles. The van der Waals surface area contributed by atoms with Crippen molar-refractivity contribution in [2.24, 2.45) is 0 Å². The van der Waals surface area contributed by atoms with Crippen LogP contribution in [0.15, 0.2) is 48.5 Å². The fraction of sp³-hybridized carbons (Fsp3) is 0.133. The number of anilines is 1. The summed E-state index contributed by atoms with van der Waals surface area (Å²) in [6, 6.07) is 14.3. The number of ether oxygens (including phenoxy) is 1. The van der Waals surface area contributed by atoms with Gasteiger partial charge in [0.05, 0.1) is 23.7 Å². The molecule has 1 N–H and O–H groups in total. The maximum Gasteiger partial charge on any atom is 0.227 e. The molecule has 0 aliphatic heterocycles. The van der Waals surface area contributed by atoms with E-state index in [9.17, 15) is 4.79 Å². The molecule has 0 bridgehead atoms. The van der Waals surface area contributed by atoms with Gasteiger partial charge in [-0.3, -0.25) is 4.79 Å². The van der Waals surface area contributed by atoms with Crippen molar-refractivity contribution >= 4 is 34.8 Å². The first kappa shape index (κ1) is 14.7. The van der Waals surface area contributed by atoms with Gasteiger partial charge in [-0.25, -0.2) is 0 Å². The Bertz CT molecular complexity index is 588. The lowest BCUT2D eigenvalue weighted by atomic mass is 10.3. The van der Waals surface area contributed by atoms with E-state index in [1.165, 1.54) is 0 Å². The summed E-state index contributed by atoms with van der Waals surface area (Å²) >= 11 is 11.8. The Balaban J connectivity index is 1.81. The second-order valence-corrected chi connectivity index (χ2v) is 4.93. The normalized spacial score (nSPS) is 10.1. The number of carbonyl (C=O) groups is 1. The van der Waals surface area contributed by atoms with Crippen LogP contribution in [0.5, 0.6) is 5.75 Å². The molecule has 5 heteroatoms. The van der Waals surface area contributed by atoms with Crippen molar-refractivity contribution < 1.29 is 9.53 Å². The third kappa shape index (κ3) is 4.44. The number of hydrogen-bond acceptors (Lipinski definition) is 2. The van der Waals surface area contributed by atoms with Gasteiger partial charge in [0.1, 0.15) is 5.75 Å². The van der Waals surface area contributed by atoms with Gasteiger partial charge in [-0.05, 0) is 30.3 Å². The van der Waals surface area contributed by atoms with Crippen molar-refractivity contribution in [1.82, 2.24) is 0 Å². The minimum atomic E-state index is -0.162. The fourth-order valence-electron chi connectivity index (χ4n) is 1.58. The van der Waals surface area contributed by atoms with E-state index in [-0.39, 0.29) is 12.3 Å². The van der Waals surface area contributed by atoms with Crippen LogP contribution in [0.4, 0.5) is 5.69 Å². The molecule has 2 rings (SSSR count). The first-order valence-electron chi connectivity index (χ1n) is 6.08. The fourth-order valence-corrected chi connectivity index (χ4v) is 2.04. The van der Waals surface area contributed by atoms with Crippen LogP contribution in [0.2, 0.25) is 10.0 Å². The molecule has 0 aliphatic rings. The monoisotopic (exact) mass is 309 g/mol. The minimum Gasteiger partial charge on any atom is -0.493 e. The summed E-state index contributed by atoms with van der Waals surface area (Å²) in [5, 5.41) is 3.65. The third-order valence-electron chi connectivity index (χ3n) is 2.55. The number of carbonyl (C=O) groups excluding carboxylic acids is 1.